The number of unbranched alkanes of at least 4 members (excludes halogenated alkanes) is 3. The van der Waals surface area contributed by atoms with Gasteiger partial charge in [0, 0.05) is 33.2 Å². The van der Waals surface area contributed by atoms with Crippen molar-refractivity contribution in [2.24, 2.45) is 11.8 Å². The van der Waals surface area contributed by atoms with Crippen LogP contribution >= 0.6 is 11.6 Å². The van der Waals surface area contributed by atoms with Gasteiger partial charge in [-0.25, -0.2) is 0 Å². The van der Waals surface area contributed by atoms with Crippen molar-refractivity contribution in [2.45, 2.75) is 75.3 Å². The molecular weight excluding hydrogens is 674 g/mol. The molecule has 7 atom stereocenters. The van der Waals surface area contributed by atoms with Crippen molar-refractivity contribution < 1.29 is 38.5 Å². The van der Waals surface area contributed by atoms with E-state index in [0.29, 0.717) is 35.5 Å². The number of fused-ring (bicyclic) bond motifs is 2. The minimum Gasteiger partial charge on any atom is -0.455 e. The Balaban J connectivity index is 1.43. The van der Waals surface area contributed by atoms with Gasteiger partial charge in [-0.05, 0) is 43.4 Å². The second kappa shape index (κ2) is 16.1. The molecule has 2 aromatic carbocycles. The lowest BCUT2D eigenvalue weighted by Crippen LogP contribution is -2.55. The number of amides is 3. The molecule has 2 aromatic rings. The van der Waals surface area contributed by atoms with Gasteiger partial charge in [0.25, 0.3) is 5.91 Å². The van der Waals surface area contributed by atoms with Gasteiger partial charge in [0.05, 0.1) is 35.4 Å². The summed E-state index contributed by atoms with van der Waals surface area (Å²) < 4.78 is 18.7. The average Bonchev–Trinajstić information content (AvgIpc) is 3.50. The Morgan fingerprint density at radius 3 is 2.53 bits per heavy atom. The fourth-order valence-electron chi connectivity index (χ4n) is 8.04. The van der Waals surface area contributed by atoms with Crippen molar-refractivity contribution in [3.63, 3.8) is 0 Å². The number of esters is 1. The first-order valence-corrected chi connectivity index (χ1v) is 18.1. The highest BCUT2D eigenvalue weighted by atomic mass is 35.5. The zero-order valence-electron chi connectivity index (χ0n) is 29.0. The summed E-state index contributed by atoms with van der Waals surface area (Å²) in [6.07, 6.45) is 8.57. The number of likely N-dealkylation sites (tertiary alicyclic amines) is 1. The number of allylic oxidation sites excluding steroid dienone is 1. The Morgan fingerprint density at radius 1 is 1.00 bits per heavy atom. The summed E-state index contributed by atoms with van der Waals surface area (Å²) in [5.74, 6) is -3.77. The predicted octanol–water partition coefficient (Wildman–Crippen LogP) is 4.45. The van der Waals surface area contributed by atoms with Gasteiger partial charge in [0.2, 0.25) is 11.8 Å². The van der Waals surface area contributed by atoms with Gasteiger partial charge in [-0.1, -0.05) is 91.2 Å². The Labute approximate surface area is 303 Å². The Morgan fingerprint density at radius 2 is 1.78 bits per heavy atom. The highest BCUT2D eigenvalue weighted by Gasteiger charge is 2.72. The van der Waals surface area contributed by atoms with Crippen LogP contribution in [0.2, 0.25) is 5.02 Å². The monoisotopic (exact) mass is 719 g/mol. The van der Waals surface area contributed by atoms with E-state index >= 15 is 0 Å². The molecule has 0 aromatic heterocycles. The lowest BCUT2D eigenvalue weighted by Gasteiger charge is -2.36. The molecular formula is C39H46ClN3O8. The number of hydrogen-bond acceptors (Lipinski definition) is 8. The molecule has 0 unspecified atom stereocenters. The van der Waals surface area contributed by atoms with E-state index in [2.05, 4.69) is 5.32 Å². The molecule has 1 spiro atoms. The number of benzene rings is 2. The molecule has 2 fully saturated rings. The van der Waals surface area contributed by atoms with Crippen LogP contribution in [0.3, 0.4) is 0 Å². The van der Waals surface area contributed by atoms with Gasteiger partial charge in [-0.15, -0.1) is 0 Å². The number of methoxy groups -OCH3 is 1. The molecule has 4 aliphatic rings. The highest BCUT2D eigenvalue weighted by molar-refractivity contribution is 6.34. The number of halogens is 1. The van der Waals surface area contributed by atoms with E-state index in [1.54, 1.807) is 34.1 Å². The molecule has 51 heavy (non-hydrogen) atoms. The largest absolute Gasteiger partial charge is 0.455 e. The van der Waals surface area contributed by atoms with Gasteiger partial charge < -0.3 is 34.4 Å². The number of hydrogen-bond donors (Lipinski definition) is 2. The number of aryl methyl sites for hydroxylation is 1. The first-order valence-electron chi connectivity index (χ1n) is 17.8. The van der Waals surface area contributed by atoms with Gasteiger partial charge in [0.15, 0.2) is 0 Å². The summed E-state index contributed by atoms with van der Waals surface area (Å²) in [4.78, 5) is 60.5. The Kier molecular flexibility index (Phi) is 11.6. The summed E-state index contributed by atoms with van der Waals surface area (Å²) in [5, 5.41) is 12.7. The van der Waals surface area contributed by atoms with Crippen LogP contribution in [-0.4, -0.2) is 90.9 Å². The number of aliphatic hydroxyl groups excluding tert-OH is 1. The molecule has 11 nitrogen and oxygen atoms in total. The minimum atomic E-state index is -1.48. The van der Waals surface area contributed by atoms with Crippen molar-refractivity contribution >= 4 is 41.0 Å². The molecule has 6 rings (SSSR count). The van der Waals surface area contributed by atoms with E-state index in [-0.39, 0.29) is 50.4 Å². The van der Waals surface area contributed by atoms with Crippen LogP contribution in [0.1, 0.15) is 55.8 Å². The molecule has 2 N–H and O–H groups in total. The average molecular weight is 720 g/mol. The number of nitrogens with zero attached hydrogens (tertiary/aromatic N) is 2. The predicted molar refractivity (Wildman–Crippen MR) is 191 cm³/mol. The Hall–Kier alpha value is -4.03. The lowest BCUT2D eigenvalue weighted by atomic mass is 9.77. The topological polar surface area (TPSA) is 135 Å². The van der Waals surface area contributed by atoms with E-state index in [9.17, 15) is 24.3 Å². The molecule has 272 valence electrons. The first kappa shape index (κ1) is 36.8. The SMILES string of the molecule is COC[C@@H]1NC(=O)CC/C=C\[C@@H]2O[C@@]34C=CCN(c5c(C)cccc5Cl)C(=O)[C@@H]3N(CCCCCCO)C(=O)[C@H]4[C@@H]2C(=O)O[C@H]1c1ccccc1. The third-order valence-electron chi connectivity index (χ3n) is 10.3. The van der Waals surface area contributed by atoms with Gasteiger partial charge >= 0.3 is 5.97 Å². The van der Waals surface area contributed by atoms with Crippen LogP contribution in [0.25, 0.3) is 0 Å². The summed E-state index contributed by atoms with van der Waals surface area (Å²) in [7, 11) is 1.51. The zero-order chi connectivity index (χ0) is 36.1. The summed E-state index contributed by atoms with van der Waals surface area (Å²) >= 11 is 6.69. The number of nitrogens with one attached hydrogen (secondary N) is 1. The molecule has 4 aliphatic heterocycles. The normalized spacial score (nSPS) is 30.0. The van der Waals surface area contributed by atoms with Crippen molar-refractivity contribution in [3.8, 4) is 0 Å². The number of rotatable bonds is 10. The molecule has 4 heterocycles. The van der Waals surface area contributed by atoms with E-state index in [1.807, 2.05) is 55.5 Å². The lowest BCUT2D eigenvalue weighted by molar-refractivity contribution is -0.162. The quantitative estimate of drug-likeness (QED) is 0.209. The molecule has 0 aliphatic carbocycles. The van der Waals surface area contributed by atoms with Gasteiger partial charge in [0.1, 0.15) is 23.7 Å². The maximum atomic E-state index is 14.9. The minimum absolute atomic E-state index is 0.0754. The number of aliphatic hydroxyl groups is 1. The van der Waals surface area contributed by atoms with E-state index in [4.69, 9.17) is 25.8 Å². The first-order chi connectivity index (χ1) is 24.7. The summed E-state index contributed by atoms with van der Waals surface area (Å²) in [5.41, 5.74) is 0.531. The molecule has 12 heteroatoms. The van der Waals surface area contributed by atoms with Crippen molar-refractivity contribution in [1.29, 1.82) is 0 Å². The zero-order valence-corrected chi connectivity index (χ0v) is 29.8. The van der Waals surface area contributed by atoms with Crippen LogP contribution in [0.5, 0.6) is 0 Å². The molecule has 3 amide bonds. The van der Waals surface area contributed by atoms with Crippen LogP contribution in [0, 0.1) is 18.8 Å². The van der Waals surface area contributed by atoms with Crippen LogP contribution in [0.4, 0.5) is 5.69 Å². The fourth-order valence-corrected chi connectivity index (χ4v) is 8.37. The second-order valence-corrected chi connectivity index (χ2v) is 14.0. The summed E-state index contributed by atoms with van der Waals surface area (Å²) in [6, 6.07) is 12.8. The maximum absolute atomic E-state index is 14.9. The molecule has 2 saturated heterocycles. The third-order valence-corrected chi connectivity index (χ3v) is 10.6. The molecule has 0 radical (unpaired) electrons. The van der Waals surface area contributed by atoms with E-state index in [0.717, 1.165) is 18.4 Å². The standard InChI is InChI=1S/C39H46ClN3O8/c1-25-14-12-17-27(40)33(25)42-22-13-20-39-32(36(46)43(35(39)37(42)47)21-10-3-4-11-23-44)31-29(51-39)18-8-9-19-30(45)41-28(24-49-2)34(50-38(31)48)26-15-6-5-7-16-26/h5-8,12-18,20,28-29,31-32,34-35,44H,3-4,9-11,19,21-24H2,1-2H3,(H,41,45)/b18-8-/t28-,29-,31+,32+,34-,35-,39+/m0/s1. The van der Waals surface area contributed by atoms with Crippen molar-refractivity contribution in [3.05, 3.63) is 89.0 Å². The summed E-state index contributed by atoms with van der Waals surface area (Å²) in [6.45, 7) is 2.49. The second-order valence-electron chi connectivity index (χ2n) is 13.6. The fraction of sp³-hybridized carbons (Fsp3) is 0.487. The number of anilines is 1. The molecule has 0 saturated carbocycles. The Bertz CT molecular complexity index is 1650. The number of carbonyl (C=O) groups is 4. The number of cyclic esters (lactones) is 1. The highest BCUT2D eigenvalue weighted by Crippen LogP contribution is 2.54. The van der Waals surface area contributed by atoms with E-state index < -0.39 is 47.7 Å². The maximum Gasteiger partial charge on any atom is 0.313 e. The molecule has 0 bridgehead atoms. The number of carbonyl (C=O) groups excluding carboxylic acids is 4. The third kappa shape index (κ3) is 7.22. The number of para-hydroxylation sites is 1. The van der Waals surface area contributed by atoms with Crippen molar-refractivity contribution in [1.82, 2.24) is 10.2 Å². The smallest absolute Gasteiger partial charge is 0.313 e. The van der Waals surface area contributed by atoms with Crippen LogP contribution in [-0.2, 0) is 33.4 Å². The van der Waals surface area contributed by atoms with Crippen LogP contribution in [0.15, 0.2) is 72.8 Å². The number of ether oxygens (including phenoxy) is 3. The van der Waals surface area contributed by atoms with E-state index in [1.165, 1.54) is 7.11 Å². The van der Waals surface area contributed by atoms with Crippen LogP contribution < -0.4 is 10.2 Å². The van der Waals surface area contributed by atoms with Gasteiger partial charge in [-0.2, -0.15) is 0 Å². The van der Waals surface area contributed by atoms with Gasteiger partial charge in [-0.3, -0.25) is 19.2 Å². The van der Waals surface area contributed by atoms with Crippen molar-refractivity contribution in [2.75, 3.05) is 38.3 Å².